The number of thioether (sulfide) groups is 1. The van der Waals surface area contributed by atoms with E-state index in [2.05, 4.69) is 10.2 Å². The van der Waals surface area contributed by atoms with E-state index in [9.17, 15) is 9.59 Å². The van der Waals surface area contributed by atoms with E-state index in [1.165, 1.54) is 0 Å². The third kappa shape index (κ3) is 4.91. The Hall–Kier alpha value is -0.950. The quantitative estimate of drug-likeness (QED) is 0.773. The van der Waals surface area contributed by atoms with Gasteiger partial charge in [0, 0.05) is 25.7 Å². The Balaban J connectivity index is 2.53. The third-order valence-electron chi connectivity index (χ3n) is 3.30. The highest BCUT2D eigenvalue weighted by atomic mass is 32.2. The van der Waals surface area contributed by atoms with Gasteiger partial charge in [-0.15, -0.1) is 0 Å². The molecule has 1 aliphatic rings. The van der Waals surface area contributed by atoms with Gasteiger partial charge in [-0.3, -0.25) is 0 Å². The molecule has 1 rings (SSSR count). The van der Waals surface area contributed by atoms with E-state index in [0.717, 1.165) is 18.8 Å². The molecule has 6 nitrogen and oxygen atoms in total. The van der Waals surface area contributed by atoms with Crippen molar-refractivity contribution in [1.29, 1.82) is 0 Å². The number of hydrogen-bond acceptors (Lipinski definition) is 4. The highest BCUT2D eigenvalue weighted by Crippen LogP contribution is 2.09. The van der Waals surface area contributed by atoms with Gasteiger partial charge in [-0.05, 0) is 32.4 Å². The Kier molecular flexibility index (Phi) is 6.44. The van der Waals surface area contributed by atoms with Gasteiger partial charge in [-0.25, -0.2) is 9.59 Å². The second-order valence-corrected chi connectivity index (χ2v) is 5.91. The van der Waals surface area contributed by atoms with Crippen LogP contribution in [0.4, 0.5) is 4.79 Å². The standard InChI is InChI=1S/C12H23N3O3S/c1-9-8-14(2)5-6-15(9)12(18)13-10(11(16)17)4-7-19-3/h9-10H,4-8H2,1-3H3,(H,13,18)(H,16,17)/t9?,10-/m1/s1. The number of piperazine rings is 1. The molecule has 0 saturated carbocycles. The zero-order chi connectivity index (χ0) is 14.4. The summed E-state index contributed by atoms with van der Waals surface area (Å²) in [6, 6.07) is -0.963. The zero-order valence-electron chi connectivity index (χ0n) is 11.8. The van der Waals surface area contributed by atoms with Crippen LogP contribution in [0.5, 0.6) is 0 Å². The lowest BCUT2D eigenvalue weighted by Crippen LogP contribution is -2.57. The van der Waals surface area contributed by atoms with Crippen LogP contribution in [0.3, 0.4) is 0 Å². The van der Waals surface area contributed by atoms with Crippen molar-refractivity contribution in [3.8, 4) is 0 Å². The van der Waals surface area contributed by atoms with Crippen molar-refractivity contribution in [1.82, 2.24) is 15.1 Å². The fraction of sp³-hybridized carbons (Fsp3) is 0.833. The fourth-order valence-corrected chi connectivity index (χ4v) is 2.64. The lowest BCUT2D eigenvalue weighted by molar-refractivity contribution is -0.139. The Bertz CT molecular complexity index is 327. The number of nitrogens with one attached hydrogen (secondary N) is 1. The second-order valence-electron chi connectivity index (χ2n) is 4.93. The van der Waals surface area contributed by atoms with Crippen molar-refractivity contribution in [3.63, 3.8) is 0 Å². The molecule has 110 valence electrons. The van der Waals surface area contributed by atoms with Crippen molar-refractivity contribution < 1.29 is 14.7 Å². The highest BCUT2D eigenvalue weighted by Gasteiger charge is 2.28. The monoisotopic (exact) mass is 289 g/mol. The Labute approximate surface area is 118 Å². The second kappa shape index (κ2) is 7.59. The van der Waals surface area contributed by atoms with Gasteiger partial charge in [0.1, 0.15) is 6.04 Å². The molecule has 0 radical (unpaired) electrons. The van der Waals surface area contributed by atoms with E-state index in [4.69, 9.17) is 5.11 Å². The van der Waals surface area contributed by atoms with Gasteiger partial charge in [0.05, 0.1) is 0 Å². The van der Waals surface area contributed by atoms with Crippen LogP contribution in [0, 0.1) is 0 Å². The molecule has 1 saturated heterocycles. The minimum Gasteiger partial charge on any atom is -0.480 e. The number of likely N-dealkylation sites (N-methyl/N-ethyl adjacent to an activating group) is 1. The lowest BCUT2D eigenvalue weighted by atomic mass is 10.2. The van der Waals surface area contributed by atoms with Crippen LogP contribution in [-0.4, -0.2) is 77.7 Å². The van der Waals surface area contributed by atoms with E-state index in [1.54, 1.807) is 16.7 Å². The zero-order valence-corrected chi connectivity index (χ0v) is 12.6. The first-order valence-electron chi connectivity index (χ1n) is 6.43. The molecule has 1 aliphatic heterocycles. The number of carbonyl (C=O) groups excluding carboxylic acids is 1. The molecule has 1 heterocycles. The van der Waals surface area contributed by atoms with E-state index in [-0.39, 0.29) is 12.1 Å². The summed E-state index contributed by atoms with van der Waals surface area (Å²) >= 11 is 1.58. The number of amides is 2. The van der Waals surface area contributed by atoms with E-state index >= 15 is 0 Å². The molecule has 0 spiro atoms. The predicted octanol–water partition coefficient (Wildman–Crippen LogP) is 0.538. The van der Waals surface area contributed by atoms with Crippen molar-refractivity contribution in [3.05, 3.63) is 0 Å². The molecule has 0 aromatic carbocycles. The van der Waals surface area contributed by atoms with Gasteiger partial charge in [-0.1, -0.05) is 0 Å². The molecule has 2 amide bonds. The van der Waals surface area contributed by atoms with Gasteiger partial charge in [0.25, 0.3) is 0 Å². The number of rotatable bonds is 5. The van der Waals surface area contributed by atoms with Crippen molar-refractivity contribution >= 4 is 23.8 Å². The van der Waals surface area contributed by atoms with Crippen LogP contribution < -0.4 is 5.32 Å². The summed E-state index contributed by atoms with van der Waals surface area (Å²) in [5.41, 5.74) is 0. The maximum absolute atomic E-state index is 12.1. The number of carboxylic acids is 1. The van der Waals surface area contributed by atoms with Crippen molar-refractivity contribution in [2.45, 2.75) is 25.4 Å². The lowest BCUT2D eigenvalue weighted by Gasteiger charge is -2.38. The van der Waals surface area contributed by atoms with Crippen LogP contribution >= 0.6 is 11.8 Å². The van der Waals surface area contributed by atoms with Gasteiger partial charge in [-0.2, -0.15) is 11.8 Å². The number of carboxylic acid groups (broad SMARTS) is 1. The largest absolute Gasteiger partial charge is 0.480 e. The van der Waals surface area contributed by atoms with Crippen LogP contribution in [0.15, 0.2) is 0 Å². The maximum Gasteiger partial charge on any atom is 0.326 e. The third-order valence-corrected chi connectivity index (χ3v) is 3.94. The summed E-state index contributed by atoms with van der Waals surface area (Å²) in [6.07, 6.45) is 2.37. The molecule has 0 bridgehead atoms. The molecule has 0 aromatic heterocycles. The topological polar surface area (TPSA) is 72.9 Å². The van der Waals surface area contributed by atoms with Gasteiger partial charge < -0.3 is 20.2 Å². The number of urea groups is 1. The summed E-state index contributed by atoms with van der Waals surface area (Å²) in [5.74, 6) is -0.251. The first-order chi connectivity index (χ1) is 8.95. The van der Waals surface area contributed by atoms with Crippen LogP contribution in [-0.2, 0) is 4.79 Å². The van der Waals surface area contributed by atoms with E-state index < -0.39 is 12.0 Å². The smallest absolute Gasteiger partial charge is 0.326 e. The minimum absolute atomic E-state index is 0.105. The first-order valence-corrected chi connectivity index (χ1v) is 7.82. The SMILES string of the molecule is CSCC[C@@H](NC(=O)N1CCN(C)CC1C)C(=O)O. The summed E-state index contributed by atoms with van der Waals surface area (Å²) in [4.78, 5) is 27.1. The number of aliphatic carboxylic acids is 1. The number of hydrogen-bond donors (Lipinski definition) is 2. The van der Waals surface area contributed by atoms with E-state index in [0.29, 0.717) is 13.0 Å². The summed E-state index contributed by atoms with van der Waals surface area (Å²) in [7, 11) is 2.02. The van der Waals surface area contributed by atoms with Gasteiger partial charge >= 0.3 is 12.0 Å². The molecule has 7 heteroatoms. The molecular formula is C12H23N3O3S. The summed E-state index contributed by atoms with van der Waals surface area (Å²) in [5, 5.41) is 11.7. The molecule has 2 N–H and O–H groups in total. The van der Waals surface area contributed by atoms with Crippen molar-refractivity contribution in [2.75, 3.05) is 38.7 Å². The normalized spacial score (nSPS) is 22.1. The number of nitrogens with zero attached hydrogens (tertiary/aromatic N) is 2. The highest BCUT2D eigenvalue weighted by molar-refractivity contribution is 7.98. The van der Waals surface area contributed by atoms with Crippen molar-refractivity contribution in [2.24, 2.45) is 0 Å². The Morgan fingerprint density at radius 3 is 2.68 bits per heavy atom. The van der Waals surface area contributed by atoms with Crippen LogP contribution in [0.2, 0.25) is 0 Å². The van der Waals surface area contributed by atoms with Crippen LogP contribution in [0.1, 0.15) is 13.3 Å². The van der Waals surface area contributed by atoms with E-state index in [1.807, 2.05) is 20.2 Å². The van der Waals surface area contributed by atoms with Crippen LogP contribution in [0.25, 0.3) is 0 Å². The summed E-state index contributed by atoms with van der Waals surface area (Å²) < 4.78 is 0. The Morgan fingerprint density at radius 2 is 2.16 bits per heavy atom. The fourth-order valence-electron chi connectivity index (χ4n) is 2.17. The average molecular weight is 289 g/mol. The molecule has 0 aliphatic carbocycles. The molecular weight excluding hydrogens is 266 g/mol. The predicted molar refractivity (Wildman–Crippen MR) is 76.6 cm³/mol. The first kappa shape index (κ1) is 16.1. The maximum atomic E-state index is 12.1. The Morgan fingerprint density at radius 1 is 1.47 bits per heavy atom. The molecule has 1 unspecified atom stereocenters. The average Bonchev–Trinajstić information content (AvgIpc) is 2.33. The number of carbonyl (C=O) groups is 2. The summed E-state index contributed by atoms with van der Waals surface area (Å²) in [6.45, 7) is 4.25. The molecule has 1 fully saturated rings. The van der Waals surface area contributed by atoms with Gasteiger partial charge in [0.15, 0.2) is 0 Å². The van der Waals surface area contributed by atoms with Gasteiger partial charge in [0.2, 0.25) is 0 Å². The minimum atomic E-state index is -0.968. The molecule has 2 atom stereocenters. The molecule has 19 heavy (non-hydrogen) atoms. The molecule has 0 aromatic rings.